The molecule has 2 atom stereocenters. The maximum atomic E-state index is 5.80. The largest absolute Gasteiger partial charge is 0.379 e. The van der Waals surface area contributed by atoms with E-state index in [1.165, 1.54) is 77.0 Å². The third-order valence-electron chi connectivity index (χ3n) is 8.51. The van der Waals surface area contributed by atoms with Gasteiger partial charge in [0.2, 0.25) is 0 Å². The van der Waals surface area contributed by atoms with Crippen molar-refractivity contribution in [3.8, 4) is 0 Å². The van der Waals surface area contributed by atoms with Crippen LogP contribution in [-0.2, 0) is 52.1 Å². The van der Waals surface area contributed by atoms with Crippen molar-refractivity contribution in [1.29, 1.82) is 0 Å². The van der Waals surface area contributed by atoms with E-state index < -0.39 is 0 Å². The average molecular weight is 739 g/mol. The SMILES string of the molecule is CCCCCCC(CC)COCCOCCOCCOCCOCCOCCOCCOCCOCCOCCOCC(CC)CCCCCC. The Balaban J connectivity index is 3.17. The van der Waals surface area contributed by atoms with E-state index in [2.05, 4.69) is 27.7 Å². The van der Waals surface area contributed by atoms with Crippen molar-refractivity contribution in [2.24, 2.45) is 11.8 Å². The predicted molar refractivity (Wildman–Crippen MR) is 204 cm³/mol. The molecule has 0 aromatic heterocycles. The van der Waals surface area contributed by atoms with Gasteiger partial charge in [0.15, 0.2) is 0 Å². The molecule has 0 aromatic rings. The molecule has 0 rings (SSSR count). The second-order valence-corrected chi connectivity index (χ2v) is 12.9. The minimum Gasteiger partial charge on any atom is -0.379 e. The monoisotopic (exact) mass is 739 g/mol. The van der Waals surface area contributed by atoms with Crippen LogP contribution in [0.2, 0.25) is 0 Å². The van der Waals surface area contributed by atoms with Crippen LogP contribution in [0.15, 0.2) is 0 Å². The van der Waals surface area contributed by atoms with Crippen molar-refractivity contribution >= 4 is 0 Å². The van der Waals surface area contributed by atoms with E-state index in [1.807, 2.05) is 0 Å². The molecule has 0 radical (unpaired) electrons. The summed E-state index contributed by atoms with van der Waals surface area (Å²) in [7, 11) is 0. The van der Waals surface area contributed by atoms with Gasteiger partial charge < -0.3 is 52.1 Å². The fourth-order valence-corrected chi connectivity index (χ4v) is 5.13. The van der Waals surface area contributed by atoms with E-state index in [-0.39, 0.29) is 0 Å². The molecule has 0 bridgehead atoms. The summed E-state index contributed by atoms with van der Waals surface area (Å²) in [5.74, 6) is 1.34. The van der Waals surface area contributed by atoms with E-state index in [0.29, 0.717) is 144 Å². The molecule has 0 saturated heterocycles. The van der Waals surface area contributed by atoms with Gasteiger partial charge in [0.1, 0.15) is 0 Å². The van der Waals surface area contributed by atoms with Gasteiger partial charge in [-0.2, -0.15) is 0 Å². The first-order chi connectivity index (χ1) is 25.3. The second kappa shape index (κ2) is 45.7. The van der Waals surface area contributed by atoms with Crippen LogP contribution in [0, 0.1) is 11.8 Å². The van der Waals surface area contributed by atoms with Gasteiger partial charge in [-0.05, 0) is 24.7 Å². The van der Waals surface area contributed by atoms with Crippen LogP contribution in [0.25, 0.3) is 0 Å². The minimum absolute atomic E-state index is 0.527. The van der Waals surface area contributed by atoms with Crippen LogP contribution < -0.4 is 0 Å². The zero-order valence-electron chi connectivity index (χ0n) is 33.7. The van der Waals surface area contributed by atoms with Gasteiger partial charge >= 0.3 is 0 Å². The van der Waals surface area contributed by atoms with Crippen molar-refractivity contribution in [3.63, 3.8) is 0 Å². The third kappa shape index (κ3) is 42.2. The smallest absolute Gasteiger partial charge is 0.0701 e. The molecular weight excluding hydrogens is 656 g/mol. The topological polar surface area (TPSA) is 102 Å². The summed E-state index contributed by atoms with van der Waals surface area (Å²) in [6.07, 6.45) is 15.5. The molecule has 0 aliphatic rings. The number of unbranched alkanes of at least 4 members (excludes halogenated alkanes) is 6. The van der Waals surface area contributed by atoms with Crippen LogP contribution >= 0.6 is 0 Å². The molecule has 2 unspecified atom stereocenters. The second-order valence-electron chi connectivity index (χ2n) is 12.9. The molecular formula is C40H82O11. The first-order valence-corrected chi connectivity index (χ1v) is 20.6. The van der Waals surface area contributed by atoms with Crippen LogP contribution in [0.3, 0.4) is 0 Å². The highest BCUT2D eigenvalue weighted by Crippen LogP contribution is 2.15. The van der Waals surface area contributed by atoms with Gasteiger partial charge in [-0.1, -0.05) is 91.9 Å². The summed E-state index contributed by atoms with van der Waals surface area (Å²) < 4.78 is 61.5. The Bertz CT molecular complexity index is 567. The zero-order chi connectivity index (χ0) is 37.0. The van der Waals surface area contributed by atoms with E-state index >= 15 is 0 Å². The summed E-state index contributed by atoms with van der Waals surface area (Å²) in [5.41, 5.74) is 0. The molecule has 51 heavy (non-hydrogen) atoms. The highest BCUT2D eigenvalue weighted by molar-refractivity contribution is 4.58. The lowest BCUT2D eigenvalue weighted by atomic mass is 9.99. The standard InChI is InChI=1S/C40H82O11/c1-5-9-11-13-15-39(7-3)37-50-35-33-48-31-29-46-27-25-44-23-21-42-19-17-41-18-20-43-22-24-45-26-28-47-30-32-49-34-36-51-38-40(8-4)16-14-12-10-6-2/h39-40H,5-38H2,1-4H3. The normalized spacial score (nSPS) is 12.9. The van der Waals surface area contributed by atoms with E-state index in [9.17, 15) is 0 Å². The van der Waals surface area contributed by atoms with Crippen LogP contribution in [-0.4, -0.2) is 145 Å². The Kier molecular flexibility index (Phi) is 45.3. The summed E-state index contributed by atoms with van der Waals surface area (Å²) in [6, 6.07) is 0. The van der Waals surface area contributed by atoms with Crippen LogP contribution in [0.1, 0.15) is 105 Å². The Hall–Kier alpha value is -0.440. The average Bonchev–Trinajstić information content (AvgIpc) is 3.15. The highest BCUT2D eigenvalue weighted by Gasteiger charge is 2.07. The third-order valence-corrected chi connectivity index (χ3v) is 8.51. The molecule has 0 N–H and O–H groups in total. The summed E-state index contributed by atoms with van der Waals surface area (Å²) in [5, 5.41) is 0. The minimum atomic E-state index is 0.527. The molecule has 0 spiro atoms. The summed E-state index contributed by atoms with van der Waals surface area (Å²) in [4.78, 5) is 0. The molecule has 0 heterocycles. The molecule has 0 amide bonds. The molecule has 11 heteroatoms. The van der Waals surface area contributed by atoms with E-state index in [1.54, 1.807) is 0 Å². The molecule has 0 aromatic carbocycles. The van der Waals surface area contributed by atoms with Gasteiger partial charge in [-0.25, -0.2) is 0 Å². The quantitative estimate of drug-likeness (QED) is 0.0595. The van der Waals surface area contributed by atoms with Crippen molar-refractivity contribution in [2.45, 2.75) is 105 Å². The van der Waals surface area contributed by atoms with E-state index in [0.717, 1.165) is 13.2 Å². The lowest BCUT2D eigenvalue weighted by Gasteiger charge is -2.15. The molecule has 0 fully saturated rings. The van der Waals surface area contributed by atoms with E-state index in [4.69, 9.17) is 52.1 Å². The summed E-state index contributed by atoms with van der Waals surface area (Å²) in [6.45, 7) is 21.9. The van der Waals surface area contributed by atoms with Crippen molar-refractivity contribution < 1.29 is 52.1 Å². The zero-order valence-corrected chi connectivity index (χ0v) is 33.7. The lowest BCUT2D eigenvalue weighted by molar-refractivity contribution is -0.0283. The lowest BCUT2D eigenvalue weighted by Crippen LogP contribution is -2.16. The Labute approximate surface area is 313 Å². The Morgan fingerprint density at radius 1 is 0.255 bits per heavy atom. The fourth-order valence-electron chi connectivity index (χ4n) is 5.13. The molecule has 0 aliphatic carbocycles. The molecule has 11 nitrogen and oxygen atoms in total. The van der Waals surface area contributed by atoms with Crippen LogP contribution in [0.4, 0.5) is 0 Å². The maximum absolute atomic E-state index is 5.80. The first-order valence-electron chi connectivity index (χ1n) is 20.6. The summed E-state index contributed by atoms with van der Waals surface area (Å²) >= 11 is 0. The van der Waals surface area contributed by atoms with Gasteiger partial charge in [0, 0.05) is 13.2 Å². The molecule has 0 aliphatic heterocycles. The van der Waals surface area contributed by atoms with Gasteiger partial charge in [-0.3, -0.25) is 0 Å². The van der Waals surface area contributed by atoms with Crippen molar-refractivity contribution in [3.05, 3.63) is 0 Å². The number of ether oxygens (including phenoxy) is 11. The van der Waals surface area contributed by atoms with Gasteiger partial charge in [-0.15, -0.1) is 0 Å². The maximum Gasteiger partial charge on any atom is 0.0701 e. The van der Waals surface area contributed by atoms with Crippen molar-refractivity contribution in [2.75, 3.05) is 145 Å². The number of hydrogen-bond acceptors (Lipinski definition) is 11. The molecule has 308 valence electrons. The van der Waals surface area contributed by atoms with Gasteiger partial charge in [0.25, 0.3) is 0 Å². The highest BCUT2D eigenvalue weighted by atomic mass is 16.6. The Morgan fingerprint density at radius 2 is 0.471 bits per heavy atom. The fraction of sp³-hybridized carbons (Fsp3) is 1.00. The van der Waals surface area contributed by atoms with Gasteiger partial charge in [0.05, 0.1) is 132 Å². The van der Waals surface area contributed by atoms with Crippen molar-refractivity contribution in [1.82, 2.24) is 0 Å². The number of hydrogen-bond donors (Lipinski definition) is 0. The molecule has 0 saturated carbocycles. The predicted octanol–water partition coefficient (Wildman–Crippen LogP) is 7.16. The number of rotatable bonds is 46. The van der Waals surface area contributed by atoms with Crippen LogP contribution in [0.5, 0.6) is 0 Å². The Morgan fingerprint density at radius 3 is 0.667 bits per heavy atom. The first kappa shape index (κ1) is 50.6.